The van der Waals surface area contributed by atoms with Crippen molar-refractivity contribution in [2.75, 3.05) is 33.4 Å². The molecule has 0 spiro atoms. The Morgan fingerprint density at radius 2 is 2.05 bits per heavy atom. The Morgan fingerprint density at radius 1 is 1.25 bits per heavy atom. The molecule has 0 saturated carbocycles. The van der Waals surface area contributed by atoms with E-state index in [0.717, 1.165) is 22.6 Å². The van der Waals surface area contributed by atoms with Crippen molar-refractivity contribution in [1.82, 2.24) is 29.7 Å². The van der Waals surface area contributed by atoms with E-state index < -0.39 is 6.04 Å². The van der Waals surface area contributed by atoms with E-state index in [9.17, 15) is 14.9 Å². The number of carbonyl (C=O) groups is 2. The average molecular weight is 548 g/mol. The van der Waals surface area contributed by atoms with Gasteiger partial charge in [-0.1, -0.05) is 13.8 Å². The Balaban J connectivity index is 1.65. The average Bonchev–Trinajstić information content (AvgIpc) is 3.50. The van der Waals surface area contributed by atoms with Crippen LogP contribution in [-0.2, 0) is 29.7 Å². The summed E-state index contributed by atoms with van der Waals surface area (Å²) in [4.78, 5) is 32.8. The third-order valence-corrected chi connectivity index (χ3v) is 7.24. The van der Waals surface area contributed by atoms with E-state index in [4.69, 9.17) is 9.47 Å². The molecule has 3 heterocycles. The Bertz CT molecular complexity index is 1400. The zero-order valence-electron chi connectivity index (χ0n) is 23.7. The molecule has 2 aromatic heterocycles. The van der Waals surface area contributed by atoms with Crippen LogP contribution in [-0.4, -0.2) is 70.2 Å². The molecule has 212 valence electrons. The van der Waals surface area contributed by atoms with Gasteiger partial charge < -0.3 is 29.2 Å². The van der Waals surface area contributed by atoms with Crippen molar-refractivity contribution < 1.29 is 19.1 Å². The molecule has 0 fully saturated rings. The number of hydrogen-bond donors (Lipinski definition) is 2. The number of rotatable bonds is 4. The van der Waals surface area contributed by atoms with Crippen molar-refractivity contribution in [2.45, 2.75) is 39.9 Å². The van der Waals surface area contributed by atoms with Gasteiger partial charge in [0.05, 0.1) is 13.7 Å². The molecule has 2 bridgehead atoms. The second-order valence-electron chi connectivity index (χ2n) is 10.3. The first kappa shape index (κ1) is 28.7. The number of imidazole rings is 1. The Morgan fingerprint density at radius 3 is 2.75 bits per heavy atom. The smallest absolute Gasteiger partial charge is 0.242 e. The van der Waals surface area contributed by atoms with Crippen LogP contribution in [0.3, 0.4) is 0 Å². The molecule has 11 heteroatoms. The third kappa shape index (κ3) is 6.46. The zero-order valence-corrected chi connectivity index (χ0v) is 23.7. The molecule has 40 heavy (non-hydrogen) atoms. The van der Waals surface area contributed by atoms with Gasteiger partial charge in [-0.3, -0.25) is 14.5 Å². The van der Waals surface area contributed by atoms with Gasteiger partial charge in [-0.15, -0.1) is 0 Å². The number of benzene rings is 1. The van der Waals surface area contributed by atoms with Crippen molar-refractivity contribution in [1.29, 1.82) is 5.26 Å². The summed E-state index contributed by atoms with van der Waals surface area (Å²) < 4.78 is 15.5. The van der Waals surface area contributed by atoms with Crippen molar-refractivity contribution in [2.24, 2.45) is 13.0 Å². The molecule has 1 aliphatic rings. The van der Waals surface area contributed by atoms with Gasteiger partial charge in [0.2, 0.25) is 11.8 Å². The first-order valence-corrected chi connectivity index (χ1v) is 13.4. The lowest BCUT2D eigenvalue weighted by atomic mass is 10.0. The molecule has 1 aromatic carbocycles. The van der Waals surface area contributed by atoms with E-state index >= 15 is 0 Å². The van der Waals surface area contributed by atoms with E-state index in [1.54, 1.807) is 13.3 Å². The number of hydrogen-bond acceptors (Lipinski definition) is 7. The summed E-state index contributed by atoms with van der Waals surface area (Å²) in [7, 11) is 3.44. The highest BCUT2D eigenvalue weighted by Crippen LogP contribution is 2.32. The fraction of sp³-hybridized carbons (Fsp3) is 0.448. The molecule has 0 unspecified atom stereocenters. The lowest BCUT2D eigenvalue weighted by molar-refractivity contribution is -0.130. The van der Waals surface area contributed by atoms with Gasteiger partial charge in [-0.05, 0) is 42.7 Å². The summed E-state index contributed by atoms with van der Waals surface area (Å²) in [5, 5.41) is 15.4. The summed E-state index contributed by atoms with van der Waals surface area (Å²) in [6.07, 6.45) is 3.59. The molecule has 0 saturated heterocycles. The minimum Gasteiger partial charge on any atom is -0.493 e. The van der Waals surface area contributed by atoms with Gasteiger partial charge in [-0.25, -0.2) is 4.98 Å². The van der Waals surface area contributed by atoms with Crippen LogP contribution in [0.5, 0.6) is 11.5 Å². The van der Waals surface area contributed by atoms with E-state index in [1.807, 2.05) is 72.3 Å². The van der Waals surface area contributed by atoms with E-state index in [1.165, 1.54) is 0 Å². The standard InChI is InChI=1S/C29H37N7O4/c1-19(2)27-29(38)32-9-11-36-10-8-31-28(36)21-6-7-24(39-5)25(15-21)40-13-12-35(18-26(37)33-27)17-22-14-23(16-30)34(4)20(22)3/h6-8,10,14-15,19,27H,9,11-13,17-18H2,1-5H3,(H,32,38)(H,33,37)/t27-/m1/s1. The van der Waals surface area contributed by atoms with Crippen LogP contribution < -0.4 is 20.1 Å². The zero-order chi connectivity index (χ0) is 28.8. The number of aromatic nitrogens is 3. The number of methoxy groups -OCH3 is 1. The van der Waals surface area contributed by atoms with Crippen LogP contribution in [0.1, 0.15) is 30.8 Å². The predicted molar refractivity (Wildman–Crippen MR) is 150 cm³/mol. The third-order valence-electron chi connectivity index (χ3n) is 7.24. The number of carbonyl (C=O) groups excluding carboxylic acids is 2. The van der Waals surface area contributed by atoms with Crippen LogP contribution in [0.4, 0.5) is 0 Å². The normalized spacial score (nSPS) is 17.3. The number of nitrogens with one attached hydrogen (secondary N) is 2. The summed E-state index contributed by atoms with van der Waals surface area (Å²) in [5.74, 6) is 1.31. The number of nitriles is 1. The Kier molecular flexibility index (Phi) is 9.11. The molecule has 1 aliphatic heterocycles. The molecule has 4 rings (SSSR count). The first-order valence-electron chi connectivity index (χ1n) is 13.4. The minimum atomic E-state index is -0.675. The van der Waals surface area contributed by atoms with Gasteiger partial charge in [0, 0.05) is 56.9 Å². The summed E-state index contributed by atoms with van der Waals surface area (Å²) in [5.41, 5.74) is 3.30. The number of amides is 2. The molecule has 1 atom stereocenters. The van der Waals surface area contributed by atoms with Gasteiger partial charge in [0.15, 0.2) is 11.5 Å². The van der Waals surface area contributed by atoms with Crippen LogP contribution in [0.2, 0.25) is 0 Å². The Labute approximate surface area is 234 Å². The van der Waals surface area contributed by atoms with E-state index in [2.05, 4.69) is 21.7 Å². The second-order valence-corrected chi connectivity index (χ2v) is 10.3. The quantitative estimate of drug-likeness (QED) is 0.513. The van der Waals surface area contributed by atoms with Crippen molar-refractivity contribution in [3.05, 3.63) is 53.6 Å². The van der Waals surface area contributed by atoms with Gasteiger partial charge >= 0.3 is 0 Å². The molecule has 0 radical (unpaired) electrons. The lowest BCUT2D eigenvalue weighted by Gasteiger charge is -2.25. The maximum absolute atomic E-state index is 13.2. The highest BCUT2D eigenvalue weighted by atomic mass is 16.5. The van der Waals surface area contributed by atoms with Crippen LogP contribution in [0.25, 0.3) is 11.4 Å². The minimum absolute atomic E-state index is 0.0582. The monoisotopic (exact) mass is 547 g/mol. The van der Waals surface area contributed by atoms with Crippen LogP contribution >= 0.6 is 0 Å². The summed E-state index contributed by atoms with van der Waals surface area (Å²) in [6.45, 7) is 7.85. The van der Waals surface area contributed by atoms with Crippen molar-refractivity contribution >= 4 is 11.8 Å². The summed E-state index contributed by atoms with van der Waals surface area (Å²) in [6, 6.07) is 9.03. The lowest BCUT2D eigenvalue weighted by Crippen LogP contribution is -2.52. The van der Waals surface area contributed by atoms with Crippen molar-refractivity contribution in [3.8, 4) is 29.0 Å². The van der Waals surface area contributed by atoms with Gasteiger partial charge in [0.25, 0.3) is 0 Å². The van der Waals surface area contributed by atoms with Crippen LogP contribution in [0, 0.1) is 24.2 Å². The SMILES string of the molecule is COc1ccc2cc1OCCN(Cc1cc(C#N)n(C)c1C)CC(=O)N[C@H](C(C)C)C(=O)NCCn1ccnc1-2. The maximum Gasteiger partial charge on any atom is 0.242 e. The fourth-order valence-electron chi connectivity index (χ4n) is 4.81. The van der Waals surface area contributed by atoms with E-state index in [0.29, 0.717) is 43.4 Å². The molecular formula is C29H37N7O4. The molecule has 3 aromatic rings. The number of nitrogens with zero attached hydrogens (tertiary/aromatic N) is 5. The molecule has 0 aliphatic carbocycles. The first-order chi connectivity index (χ1) is 19.2. The molecule has 2 amide bonds. The fourth-order valence-corrected chi connectivity index (χ4v) is 4.81. The van der Waals surface area contributed by atoms with Gasteiger partial charge in [0.1, 0.15) is 30.2 Å². The molecule has 11 nitrogen and oxygen atoms in total. The second kappa shape index (κ2) is 12.7. The highest BCUT2D eigenvalue weighted by Gasteiger charge is 2.25. The van der Waals surface area contributed by atoms with Crippen molar-refractivity contribution in [3.63, 3.8) is 0 Å². The predicted octanol–water partition coefficient (Wildman–Crippen LogP) is 2.23. The van der Waals surface area contributed by atoms with Gasteiger partial charge in [-0.2, -0.15) is 5.26 Å². The van der Waals surface area contributed by atoms with E-state index in [-0.39, 0.29) is 30.9 Å². The molecule has 2 N–H and O–H groups in total. The number of ether oxygens (including phenoxy) is 2. The topological polar surface area (TPSA) is 126 Å². The number of fused-ring (bicyclic) bond motifs is 4. The summed E-state index contributed by atoms with van der Waals surface area (Å²) >= 11 is 0. The highest BCUT2D eigenvalue weighted by molar-refractivity contribution is 5.88. The van der Waals surface area contributed by atoms with Crippen LogP contribution in [0.15, 0.2) is 36.7 Å². The Hall–Kier alpha value is -4.30. The molecular weight excluding hydrogens is 510 g/mol. The largest absolute Gasteiger partial charge is 0.493 e. The maximum atomic E-state index is 13.2.